The molecule has 1 saturated heterocycles. The van der Waals surface area contributed by atoms with E-state index in [0.29, 0.717) is 37.0 Å². The first-order valence-electron chi connectivity index (χ1n) is 10.2. The number of benzene rings is 3. The van der Waals surface area contributed by atoms with E-state index in [0.717, 1.165) is 11.1 Å². The van der Waals surface area contributed by atoms with Crippen LogP contribution in [0.3, 0.4) is 0 Å². The first kappa shape index (κ1) is 22.6. The topological polar surface area (TPSA) is 18.5 Å². The molecule has 0 radical (unpaired) electrons. The zero-order valence-electron chi connectivity index (χ0n) is 17.1. The molecular weight excluding hydrogens is 455 g/mol. The molecule has 32 heavy (non-hydrogen) atoms. The van der Waals surface area contributed by atoms with Gasteiger partial charge in [0, 0.05) is 31.9 Å². The van der Waals surface area contributed by atoms with Gasteiger partial charge in [0.25, 0.3) is 0 Å². The molecule has 1 aliphatic rings. The molecule has 1 N–H and O–H groups in total. The van der Waals surface area contributed by atoms with E-state index in [2.05, 4.69) is 10.2 Å². The number of hydrogen-bond donors (Lipinski definition) is 1. The van der Waals surface area contributed by atoms with E-state index in [9.17, 15) is 13.2 Å². The minimum Gasteiger partial charge on any atom is -0.346 e. The summed E-state index contributed by atoms with van der Waals surface area (Å²) in [5.74, 6) is -1.08. The van der Waals surface area contributed by atoms with Crippen molar-refractivity contribution in [1.82, 2.24) is 9.80 Å². The van der Waals surface area contributed by atoms with Crippen LogP contribution in [0.5, 0.6) is 0 Å². The lowest BCUT2D eigenvalue weighted by Crippen LogP contribution is -2.51. The smallest absolute Gasteiger partial charge is 0.173 e. The van der Waals surface area contributed by atoms with Gasteiger partial charge in [0.05, 0.1) is 11.1 Å². The molecule has 1 fully saturated rings. The Morgan fingerprint density at radius 3 is 1.84 bits per heavy atom. The van der Waals surface area contributed by atoms with E-state index in [4.69, 9.17) is 23.8 Å². The monoisotopic (exact) mass is 475 g/mol. The van der Waals surface area contributed by atoms with Crippen LogP contribution in [0.15, 0.2) is 66.7 Å². The largest absolute Gasteiger partial charge is 0.346 e. The van der Waals surface area contributed by atoms with Crippen LogP contribution in [0.4, 0.5) is 18.9 Å². The molecular formula is C24H21ClF3N3S. The molecule has 1 heterocycles. The molecule has 0 bridgehead atoms. The molecule has 8 heteroatoms. The van der Waals surface area contributed by atoms with Gasteiger partial charge in [-0.2, -0.15) is 0 Å². The lowest BCUT2D eigenvalue weighted by Gasteiger charge is -2.40. The summed E-state index contributed by atoms with van der Waals surface area (Å²) in [7, 11) is 0. The van der Waals surface area contributed by atoms with Crippen molar-refractivity contribution in [3.05, 3.63) is 100 Å². The van der Waals surface area contributed by atoms with Crippen molar-refractivity contribution in [1.29, 1.82) is 0 Å². The van der Waals surface area contributed by atoms with Crippen LogP contribution in [0, 0.1) is 17.5 Å². The van der Waals surface area contributed by atoms with Crippen LogP contribution in [0.1, 0.15) is 17.2 Å². The molecule has 0 aromatic heterocycles. The van der Waals surface area contributed by atoms with E-state index in [1.165, 1.54) is 36.4 Å². The van der Waals surface area contributed by atoms with Gasteiger partial charge in [-0.15, -0.1) is 0 Å². The van der Waals surface area contributed by atoms with Gasteiger partial charge in [0.1, 0.15) is 17.5 Å². The molecule has 166 valence electrons. The fourth-order valence-electron chi connectivity index (χ4n) is 3.86. The molecule has 1 aliphatic heterocycles. The summed E-state index contributed by atoms with van der Waals surface area (Å²) in [6.07, 6.45) is 0. The van der Waals surface area contributed by atoms with Crippen molar-refractivity contribution in [3.8, 4) is 0 Å². The summed E-state index contributed by atoms with van der Waals surface area (Å²) in [6, 6.07) is 17.1. The number of piperazine rings is 1. The molecule has 0 aliphatic carbocycles. The lowest BCUT2D eigenvalue weighted by atomic mass is 9.96. The van der Waals surface area contributed by atoms with Crippen LogP contribution < -0.4 is 5.32 Å². The molecule has 0 atom stereocenters. The van der Waals surface area contributed by atoms with E-state index in [-0.39, 0.29) is 22.7 Å². The van der Waals surface area contributed by atoms with E-state index in [1.54, 1.807) is 30.3 Å². The Morgan fingerprint density at radius 1 is 0.812 bits per heavy atom. The zero-order chi connectivity index (χ0) is 22.7. The maximum absolute atomic E-state index is 13.5. The number of nitrogens with zero attached hydrogens (tertiary/aromatic N) is 2. The number of nitrogens with one attached hydrogen (secondary N) is 1. The Hall–Kier alpha value is -2.61. The third-order valence-electron chi connectivity index (χ3n) is 5.51. The van der Waals surface area contributed by atoms with Gasteiger partial charge in [-0.3, -0.25) is 4.90 Å². The van der Waals surface area contributed by atoms with E-state index < -0.39 is 5.82 Å². The van der Waals surface area contributed by atoms with E-state index >= 15 is 0 Å². The normalized spacial score (nSPS) is 14.6. The molecule has 0 unspecified atom stereocenters. The summed E-state index contributed by atoms with van der Waals surface area (Å²) in [5, 5.41) is 3.67. The third kappa shape index (κ3) is 5.23. The van der Waals surface area contributed by atoms with Crippen molar-refractivity contribution in [2.75, 3.05) is 31.5 Å². The predicted molar refractivity (Wildman–Crippen MR) is 125 cm³/mol. The second kappa shape index (κ2) is 9.90. The number of hydrogen-bond acceptors (Lipinski definition) is 2. The highest BCUT2D eigenvalue weighted by Crippen LogP contribution is 2.30. The maximum Gasteiger partial charge on any atom is 0.173 e. The second-order valence-corrected chi connectivity index (χ2v) is 8.38. The van der Waals surface area contributed by atoms with Crippen LogP contribution in [-0.2, 0) is 0 Å². The molecule has 0 spiro atoms. The zero-order valence-corrected chi connectivity index (χ0v) is 18.6. The molecule has 3 aromatic carbocycles. The van der Waals surface area contributed by atoms with Crippen LogP contribution in [-0.4, -0.2) is 41.1 Å². The molecule has 0 amide bonds. The standard InChI is InChI=1S/C24H21ClF3N3S/c25-21-15-20(9-10-22(21)28)29-24(32)31-13-11-30(12-14-31)23(16-1-5-18(26)6-2-16)17-3-7-19(27)8-4-17/h1-10,15,23H,11-14H2,(H,29,32). The first-order valence-corrected chi connectivity index (χ1v) is 11.0. The Balaban J connectivity index is 1.47. The SMILES string of the molecule is Fc1ccc(C(c2ccc(F)cc2)N2CCN(C(=S)Nc3ccc(F)c(Cl)c3)CC2)cc1. The van der Waals surface area contributed by atoms with Crippen LogP contribution in [0.2, 0.25) is 5.02 Å². The third-order valence-corrected chi connectivity index (χ3v) is 6.16. The number of rotatable bonds is 4. The average Bonchev–Trinajstić information content (AvgIpc) is 2.79. The molecule has 3 nitrogen and oxygen atoms in total. The fourth-order valence-corrected chi connectivity index (χ4v) is 4.34. The molecule has 4 rings (SSSR count). The highest BCUT2D eigenvalue weighted by Gasteiger charge is 2.27. The van der Waals surface area contributed by atoms with Gasteiger partial charge in [0.2, 0.25) is 0 Å². The quantitative estimate of drug-likeness (QED) is 0.476. The number of anilines is 1. The second-order valence-electron chi connectivity index (χ2n) is 7.59. The lowest BCUT2D eigenvalue weighted by molar-refractivity contribution is 0.151. The highest BCUT2D eigenvalue weighted by atomic mass is 35.5. The Kier molecular flexibility index (Phi) is 6.98. The van der Waals surface area contributed by atoms with Crippen molar-refractivity contribution in [3.63, 3.8) is 0 Å². The van der Waals surface area contributed by atoms with Gasteiger partial charge < -0.3 is 10.2 Å². The summed E-state index contributed by atoms with van der Waals surface area (Å²) in [4.78, 5) is 4.31. The number of thiocarbonyl (C=S) groups is 1. The van der Waals surface area contributed by atoms with Gasteiger partial charge in [-0.25, -0.2) is 13.2 Å². The minimum absolute atomic E-state index is 0.0315. The van der Waals surface area contributed by atoms with Crippen LogP contribution >= 0.6 is 23.8 Å². The van der Waals surface area contributed by atoms with E-state index in [1.807, 2.05) is 4.90 Å². The van der Waals surface area contributed by atoms with Gasteiger partial charge in [0.15, 0.2) is 5.11 Å². The van der Waals surface area contributed by atoms with Crippen molar-refractivity contribution in [2.24, 2.45) is 0 Å². The van der Waals surface area contributed by atoms with Crippen molar-refractivity contribution >= 4 is 34.6 Å². The maximum atomic E-state index is 13.5. The van der Waals surface area contributed by atoms with Crippen LogP contribution in [0.25, 0.3) is 0 Å². The minimum atomic E-state index is -0.482. The predicted octanol–water partition coefficient (Wildman–Crippen LogP) is 5.86. The average molecular weight is 476 g/mol. The molecule has 0 saturated carbocycles. The summed E-state index contributed by atoms with van der Waals surface area (Å²) in [5.41, 5.74) is 2.50. The summed E-state index contributed by atoms with van der Waals surface area (Å²) < 4.78 is 40.4. The highest BCUT2D eigenvalue weighted by molar-refractivity contribution is 7.80. The fraction of sp³-hybridized carbons (Fsp3) is 0.208. The van der Waals surface area contributed by atoms with Gasteiger partial charge in [-0.05, 0) is 65.8 Å². The number of halogens is 4. The molecule has 3 aromatic rings. The van der Waals surface area contributed by atoms with Gasteiger partial charge >= 0.3 is 0 Å². The van der Waals surface area contributed by atoms with Crippen molar-refractivity contribution in [2.45, 2.75) is 6.04 Å². The first-order chi connectivity index (χ1) is 15.4. The Morgan fingerprint density at radius 2 is 1.34 bits per heavy atom. The van der Waals surface area contributed by atoms with Crippen molar-refractivity contribution < 1.29 is 13.2 Å². The Bertz CT molecular complexity index is 1040. The Labute approximate surface area is 195 Å². The van der Waals surface area contributed by atoms with Gasteiger partial charge in [-0.1, -0.05) is 35.9 Å². The summed E-state index contributed by atoms with van der Waals surface area (Å²) >= 11 is 11.4. The summed E-state index contributed by atoms with van der Waals surface area (Å²) in [6.45, 7) is 2.73.